The van der Waals surface area contributed by atoms with Gasteiger partial charge in [-0.25, -0.2) is 0 Å². The smallest absolute Gasteiger partial charge is 0.171 e. The number of hydrogen-bond acceptors (Lipinski definition) is 3. The Bertz CT molecular complexity index is 276. The standard InChI is InChI=1S/C13H26NO3/c1-7-12(8-2)10(3)13(15,17-6)9-11(4,5)14(12)16/h10,15H,7-9H2,1-6H3. The van der Waals surface area contributed by atoms with Crippen molar-refractivity contribution < 1.29 is 15.1 Å². The van der Waals surface area contributed by atoms with Crippen LogP contribution in [0.15, 0.2) is 0 Å². The molecule has 0 saturated carbocycles. The molecule has 4 heteroatoms. The molecule has 101 valence electrons. The second-order valence-corrected chi connectivity index (χ2v) is 5.86. The Morgan fingerprint density at radius 2 is 1.82 bits per heavy atom. The van der Waals surface area contributed by atoms with E-state index in [-0.39, 0.29) is 5.92 Å². The van der Waals surface area contributed by atoms with E-state index in [0.717, 1.165) is 0 Å². The monoisotopic (exact) mass is 244 g/mol. The van der Waals surface area contributed by atoms with Crippen molar-refractivity contribution in [1.29, 1.82) is 0 Å². The van der Waals surface area contributed by atoms with Crippen molar-refractivity contribution in [2.75, 3.05) is 7.11 Å². The molecule has 0 bridgehead atoms. The molecule has 1 rings (SSSR count). The minimum Gasteiger partial charge on any atom is -0.365 e. The molecular weight excluding hydrogens is 218 g/mol. The van der Waals surface area contributed by atoms with Gasteiger partial charge in [0.05, 0.1) is 5.54 Å². The Hall–Kier alpha value is -0.160. The van der Waals surface area contributed by atoms with E-state index in [0.29, 0.717) is 19.3 Å². The number of nitrogens with zero attached hydrogens (tertiary/aromatic N) is 1. The van der Waals surface area contributed by atoms with Gasteiger partial charge in [-0.3, -0.25) is 0 Å². The van der Waals surface area contributed by atoms with E-state index in [2.05, 4.69) is 0 Å². The maximum atomic E-state index is 12.6. The minimum atomic E-state index is -1.21. The van der Waals surface area contributed by atoms with Crippen LogP contribution >= 0.6 is 0 Å². The molecule has 0 aliphatic carbocycles. The third-order valence-electron chi connectivity index (χ3n) is 4.70. The van der Waals surface area contributed by atoms with E-state index < -0.39 is 16.9 Å². The molecular formula is C13H26NO3. The minimum absolute atomic E-state index is 0.208. The van der Waals surface area contributed by atoms with Gasteiger partial charge in [0.1, 0.15) is 0 Å². The van der Waals surface area contributed by atoms with Gasteiger partial charge in [-0.2, -0.15) is 0 Å². The maximum absolute atomic E-state index is 12.6. The van der Waals surface area contributed by atoms with E-state index in [9.17, 15) is 10.3 Å². The number of ether oxygens (including phenoxy) is 1. The average molecular weight is 244 g/mol. The summed E-state index contributed by atoms with van der Waals surface area (Å²) in [6.07, 6.45) is 1.76. The van der Waals surface area contributed by atoms with Crippen LogP contribution < -0.4 is 0 Å². The molecule has 0 aromatic carbocycles. The Morgan fingerprint density at radius 1 is 1.35 bits per heavy atom. The number of hydroxylamine groups is 2. The number of rotatable bonds is 3. The predicted octanol–water partition coefficient (Wildman–Crippen LogP) is 2.35. The maximum Gasteiger partial charge on any atom is 0.171 e. The first kappa shape index (κ1) is 14.9. The highest BCUT2D eigenvalue weighted by Crippen LogP contribution is 2.49. The SMILES string of the molecule is CCC1(CC)C(C)C(O)(OC)CC(C)(C)N1[O]. The van der Waals surface area contributed by atoms with Crippen molar-refractivity contribution in [2.24, 2.45) is 5.92 Å². The number of hydrogen-bond donors (Lipinski definition) is 1. The molecule has 1 N–H and O–H groups in total. The van der Waals surface area contributed by atoms with Crippen molar-refractivity contribution in [3.05, 3.63) is 0 Å². The van der Waals surface area contributed by atoms with Gasteiger partial charge in [0.25, 0.3) is 0 Å². The zero-order valence-corrected chi connectivity index (χ0v) is 11.9. The van der Waals surface area contributed by atoms with Gasteiger partial charge in [0.15, 0.2) is 5.79 Å². The molecule has 17 heavy (non-hydrogen) atoms. The first-order chi connectivity index (χ1) is 7.70. The highest BCUT2D eigenvalue weighted by molar-refractivity contribution is 5.06. The van der Waals surface area contributed by atoms with Crippen LogP contribution in [0.2, 0.25) is 0 Å². The summed E-state index contributed by atoms with van der Waals surface area (Å²) in [5.74, 6) is -1.42. The number of piperidine rings is 1. The molecule has 1 saturated heterocycles. The van der Waals surface area contributed by atoms with Crippen LogP contribution in [0.3, 0.4) is 0 Å². The molecule has 2 unspecified atom stereocenters. The van der Waals surface area contributed by atoms with Gasteiger partial charge < -0.3 is 9.84 Å². The Kier molecular flexibility index (Phi) is 3.94. The van der Waals surface area contributed by atoms with E-state index in [1.807, 2.05) is 34.6 Å². The van der Waals surface area contributed by atoms with Crippen LogP contribution in [0.1, 0.15) is 53.9 Å². The molecule has 1 aliphatic heterocycles. The Labute approximate surface area is 105 Å². The molecule has 1 aliphatic rings. The van der Waals surface area contributed by atoms with Crippen molar-refractivity contribution >= 4 is 0 Å². The fourth-order valence-corrected chi connectivity index (χ4v) is 3.44. The molecule has 0 spiro atoms. The first-order valence-corrected chi connectivity index (χ1v) is 6.45. The van der Waals surface area contributed by atoms with Crippen LogP contribution in [0, 0.1) is 5.92 Å². The topological polar surface area (TPSA) is 52.6 Å². The van der Waals surface area contributed by atoms with Crippen molar-refractivity contribution in [3.63, 3.8) is 0 Å². The van der Waals surface area contributed by atoms with Gasteiger partial charge in [-0.1, -0.05) is 20.8 Å². The molecule has 0 aromatic heterocycles. The zero-order chi connectivity index (χ0) is 13.5. The van der Waals surface area contributed by atoms with E-state index in [4.69, 9.17) is 4.74 Å². The molecule has 1 fully saturated rings. The Morgan fingerprint density at radius 3 is 2.18 bits per heavy atom. The predicted molar refractivity (Wildman–Crippen MR) is 65.7 cm³/mol. The van der Waals surface area contributed by atoms with E-state index in [1.54, 1.807) is 0 Å². The second kappa shape index (κ2) is 4.50. The van der Waals surface area contributed by atoms with Gasteiger partial charge >= 0.3 is 0 Å². The second-order valence-electron chi connectivity index (χ2n) is 5.86. The molecule has 4 nitrogen and oxygen atoms in total. The lowest BCUT2D eigenvalue weighted by Gasteiger charge is -2.58. The molecule has 0 aromatic rings. The lowest BCUT2D eigenvalue weighted by atomic mass is 9.66. The summed E-state index contributed by atoms with van der Waals surface area (Å²) in [4.78, 5) is 0. The van der Waals surface area contributed by atoms with Crippen LogP contribution in [-0.2, 0) is 9.94 Å². The van der Waals surface area contributed by atoms with Crippen molar-refractivity contribution in [3.8, 4) is 0 Å². The summed E-state index contributed by atoms with van der Waals surface area (Å²) in [5, 5.41) is 24.4. The fourth-order valence-electron chi connectivity index (χ4n) is 3.44. The highest BCUT2D eigenvalue weighted by Gasteiger charge is 2.60. The summed E-state index contributed by atoms with van der Waals surface area (Å²) >= 11 is 0. The van der Waals surface area contributed by atoms with Crippen molar-refractivity contribution in [1.82, 2.24) is 5.06 Å². The third-order valence-corrected chi connectivity index (χ3v) is 4.70. The Balaban J connectivity index is 3.26. The van der Waals surface area contributed by atoms with Gasteiger partial charge in [0, 0.05) is 25.0 Å². The normalized spacial score (nSPS) is 37.1. The average Bonchev–Trinajstić information content (AvgIpc) is 2.29. The van der Waals surface area contributed by atoms with Gasteiger partial charge in [-0.05, 0) is 26.7 Å². The van der Waals surface area contributed by atoms with Crippen LogP contribution in [0.5, 0.6) is 0 Å². The summed E-state index contributed by atoms with van der Waals surface area (Å²) in [5.41, 5.74) is -1.16. The highest BCUT2D eigenvalue weighted by atomic mass is 16.6. The zero-order valence-electron chi connectivity index (χ0n) is 11.9. The van der Waals surface area contributed by atoms with E-state index in [1.165, 1.54) is 12.2 Å². The molecule has 1 radical (unpaired) electrons. The van der Waals surface area contributed by atoms with Gasteiger partial charge in [0.2, 0.25) is 0 Å². The van der Waals surface area contributed by atoms with Crippen molar-refractivity contribution in [2.45, 2.75) is 70.7 Å². The van der Waals surface area contributed by atoms with E-state index >= 15 is 0 Å². The molecule has 2 atom stereocenters. The molecule has 0 amide bonds. The number of methoxy groups -OCH3 is 1. The lowest BCUT2D eigenvalue weighted by molar-refractivity contribution is -0.380. The van der Waals surface area contributed by atoms with Crippen LogP contribution in [0.25, 0.3) is 0 Å². The van der Waals surface area contributed by atoms with Crippen LogP contribution in [0.4, 0.5) is 0 Å². The third kappa shape index (κ3) is 2.01. The summed E-state index contributed by atoms with van der Waals surface area (Å²) in [6, 6.07) is 0. The fraction of sp³-hybridized carbons (Fsp3) is 1.00. The summed E-state index contributed by atoms with van der Waals surface area (Å²) in [6.45, 7) is 9.66. The first-order valence-electron chi connectivity index (χ1n) is 6.45. The number of aliphatic hydroxyl groups is 1. The quantitative estimate of drug-likeness (QED) is 0.775. The summed E-state index contributed by atoms with van der Waals surface area (Å²) in [7, 11) is 1.52. The van der Waals surface area contributed by atoms with Crippen LogP contribution in [-0.4, -0.2) is 34.1 Å². The summed E-state index contributed by atoms with van der Waals surface area (Å²) < 4.78 is 5.32. The molecule has 1 heterocycles. The lowest BCUT2D eigenvalue weighted by Crippen LogP contribution is -2.70. The van der Waals surface area contributed by atoms with Gasteiger partial charge in [-0.15, -0.1) is 10.3 Å². The largest absolute Gasteiger partial charge is 0.365 e.